The molecule has 0 atom stereocenters. The van der Waals surface area contributed by atoms with E-state index in [2.05, 4.69) is 0 Å². The van der Waals surface area contributed by atoms with Crippen LogP contribution in [0.5, 0.6) is 0 Å². The molecular formula is C18H23N5O6. The highest BCUT2D eigenvalue weighted by Gasteiger charge is 2.25. The third kappa shape index (κ3) is 6.07. The van der Waals surface area contributed by atoms with Crippen LogP contribution in [0.1, 0.15) is 25.7 Å². The summed E-state index contributed by atoms with van der Waals surface area (Å²) in [6.45, 7) is 0.816. The van der Waals surface area contributed by atoms with Crippen molar-refractivity contribution in [3.63, 3.8) is 0 Å². The van der Waals surface area contributed by atoms with E-state index in [0.717, 1.165) is 9.80 Å². The van der Waals surface area contributed by atoms with Gasteiger partial charge in [0, 0.05) is 63.3 Å². The second-order valence-corrected chi connectivity index (χ2v) is 6.48. The van der Waals surface area contributed by atoms with Gasteiger partial charge in [0.1, 0.15) is 0 Å². The molecule has 0 bridgehead atoms. The van der Waals surface area contributed by atoms with Crippen LogP contribution in [0.15, 0.2) is 24.3 Å². The fourth-order valence-electron chi connectivity index (χ4n) is 2.95. The summed E-state index contributed by atoms with van der Waals surface area (Å²) in [7, 11) is 0. The van der Waals surface area contributed by atoms with Crippen LogP contribution < -0.4 is 11.3 Å². The molecular weight excluding hydrogens is 382 g/mol. The molecule has 11 nitrogen and oxygen atoms in total. The van der Waals surface area contributed by atoms with Gasteiger partial charge < -0.3 is 4.90 Å². The van der Waals surface area contributed by atoms with Crippen molar-refractivity contribution in [3.8, 4) is 0 Å². The maximum Gasteiger partial charge on any atom is 0.253 e. The summed E-state index contributed by atoms with van der Waals surface area (Å²) in [5.74, 6) is 2.64. The number of carbonyl (C=O) groups is 6. The first-order valence-electron chi connectivity index (χ1n) is 9.17. The largest absolute Gasteiger partial charge is 0.343 e. The molecule has 0 aromatic carbocycles. The van der Waals surface area contributed by atoms with Gasteiger partial charge in [-0.25, -0.2) is 5.84 Å². The van der Waals surface area contributed by atoms with E-state index in [1.54, 1.807) is 0 Å². The topological polar surface area (TPSA) is 150 Å². The van der Waals surface area contributed by atoms with Crippen molar-refractivity contribution in [1.29, 1.82) is 0 Å². The Morgan fingerprint density at radius 1 is 0.793 bits per heavy atom. The van der Waals surface area contributed by atoms with E-state index in [4.69, 9.17) is 5.84 Å². The Kier molecular flexibility index (Phi) is 7.78. The predicted octanol–water partition coefficient (Wildman–Crippen LogP) is -1.78. The first-order chi connectivity index (χ1) is 13.8. The lowest BCUT2D eigenvalue weighted by molar-refractivity contribution is -0.138. The second-order valence-electron chi connectivity index (χ2n) is 6.48. The Bertz CT molecular complexity index is 691. The number of carbonyl (C=O) groups excluding carboxylic acids is 6. The first-order valence-corrected chi connectivity index (χ1v) is 9.17. The van der Waals surface area contributed by atoms with Crippen LogP contribution in [0, 0.1) is 0 Å². The minimum atomic E-state index is -0.475. The van der Waals surface area contributed by atoms with Crippen LogP contribution in [0.4, 0.5) is 0 Å². The molecule has 11 heteroatoms. The zero-order valence-electron chi connectivity index (χ0n) is 15.8. The number of nitrogens with zero attached hydrogens (tertiary/aromatic N) is 3. The smallest absolute Gasteiger partial charge is 0.253 e. The van der Waals surface area contributed by atoms with Crippen molar-refractivity contribution in [3.05, 3.63) is 24.3 Å². The molecule has 29 heavy (non-hydrogen) atoms. The summed E-state index contributed by atoms with van der Waals surface area (Å²) < 4.78 is 0. The molecule has 156 valence electrons. The molecule has 2 heterocycles. The number of hydrogen-bond acceptors (Lipinski definition) is 7. The van der Waals surface area contributed by atoms with Crippen molar-refractivity contribution in [2.75, 3.05) is 26.2 Å². The van der Waals surface area contributed by atoms with Gasteiger partial charge in [-0.1, -0.05) is 0 Å². The highest BCUT2D eigenvalue weighted by molar-refractivity contribution is 6.13. The third-order valence-electron chi connectivity index (χ3n) is 4.50. The first kappa shape index (κ1) is 22.0. The molecule has 0 saturated carbocycles. The van der Waals surface area contributed by atoms with E-state index in [0.29, 0.717) is 12.8 Å². The number of hydrazine groups is 1. The van der Waals surface area contributed by atoms with Crippen LogP contribution in [-0.4, -0.2) is 76.3 Å². The Morgan fingerprint density at radius 3 is 1.59 bits per heavy atom. The Balaban J connectivity index is 1.86. The standard InChI is InChI=1S/C18H23N5O6/c19-20-13(24)3-4-14(25)21(9-1-11-22-15(26)5-6-16(22)27)10-2-12-23-17(28)7-8-18(23)29/h5-8H,1-4,9-12,19H2,(H,20,24). The van der Waals surface area contributed by atoms with Gasteiger partial charge in [-0.15, -0.1) is 0 Å². The van der Waals surface area contributed by atoms with E-state index in [9.17, 15) is 28.8 Å². The SMILES string of the molecule is NNC(=O)CCC(=O)N(CCCN1C(=O)C=CC1=O)CCCN1C(=O)C=CC1=O. The third-order valence-corrected chi connectivity index (χ3v) is 4.50. The molecule has 0 aromatic heterocycles. The van der Waals surface area contributed by atoms with Crippen molar-refractivity contribution >= 4 is 35.4 Å². The maximum atomic E-state index is 12.5. The molecule has 3 N–H and O–H groups in total. The molecule has 0 aromatic rings. The molecule has 0 aliphatic carbocycles. The number of imide groups is 2. The van der Waals surface area contributed by atoms with Crippen LogP contribution in [-0.2, 0) is 28.8 Å². The summed E-state index contributed by atoms with van der Waals surface area (Å²) in [5, 5.41) is 0. The van der Waals surface area contributed by atoms with Crippen LogP contribution in [0.3, 0.4) is 0 Å². The highest BCUT2D eigenvalue weighted by atomic mass is 16.2. The van der Waals surface area contributed by atoms with Gasteiger partial charge in [-0.3, -0.25) is 44.0 Å². The van der Waals surface area contributed by atoms with Crippen molar-refractivity contribution in [1.82, 2.24) is 20.1 Å². The number of rotatable bonds is 11. The molecule has 0 fully saturated rings. The van der Waals surface area contributed by atoms with Gasteiger partial charge in [-0.05, 0) is 12.8 Å². The molecule has 0 saturated heterocycles. The summed E-state index contributed by atoms with van der Waals surface area (Å²) in [6, 6.07) is 0. The molecule has 0 unspecified atom stereocenters. The number of nitrogens with two attached hydrogens (primary N) is 1. The monoisotopic (exact) mass is 405 g/mol. The lowest BCUT2D eigenvalue weighted by atomic mass is 10.2. The van der Waals surface area contributed by atoms with Crippen LogP contribution in [0.2, 0.25) is 0 Å². The fourth-order valence-corrected chi connectivity index (χ4v) is 2.95. The summed E-state index contributed by atoms with van der Waals surface area (Å²) in [4.78, 5) is 73.8. The van der Waals surface area contributed by atoms with Gasteiger partial charge in [-0.2, -0.15) is 0 Å². The molecule has 2 aliphatic heterocycles. The van der Waals surface area contributed by atoms with Crippen molar-refractivity contribution in [2.24, 2.45) is 5.84 Å². The maximum absolute atomic E-state index is 12.5. The number of nitrogens with one attached hydrogen (secondary N) is 1. The van der Waals surface area contributed by atoms with Gasteiger partial charge in [0.15, 0.2) is 0 Å². The lowest BCUT2D eigenvalue weighted by Gasteiger charge is -2.25. The highest BCUT2D eigenvalue weighted by Crippen LogP contribution is 2.09. The normalized spacial score (nSPS) is 15.6. The second kappa shape index (κ2) is 10.3. The number of amides is 6. The van der Waals surface area contributed by atoms with E-state index in [1.165, 1.54) is 29.2 Å². The molecule has 0 spiro atoms. The predicted molar refractivity (Wildman–Crippen MR) is 99.1 cm³/mol. The minimum absolute atomic E-state index is 0.0602. The van der Waals surface area contributed by atoms with Crippen molar-refractivity contribution < 1.29 is 28.8 Å². The van der Waals surface area contributed by atoms with Crippen molar-refractivity contribution in [2.45, 2.75) is 25.7 Å². The molecule has 6 amide bonds. The van der Waals surface area contributed by atoms with Crippen LogP contribution in [0.25, 0.3) is 0 Å². The molecule has 2 rings (SSSR count). The van der Waals surface area contributed by atoms with Crippen LogP contribution >= 0.6 is 0 Å². The zero-order valence-corrected chi connectivity index (χ0v) is 15.8. The summed E-state index contributed by atoms with van der Waals surface area (Å²) >= 11 is 0. The van der Waals surface area contributed by atoms with Gasteiger partial charge in [0.2, 0.25) is 11.8 Å². The van der Waals surface area contributed by atoms with E-state index < -0.39 is 29.5 Å². The Morgan fingerprint density at radius 2 is 1.21 bits per heavy atom. The average molecular weight is 405 g/mol. The quantitative estimate of drug-likeness (QED) is 0.178. The fraction of sp³-hybridized carbons (Fsp3) is 0.444. The number of hydrogen-bond donors (Lipinski definition) is 2. The van der Waals surface area contributed by atoms with E-state index in [1.807, 2.05) is 5.43 Å². The van der Waals surface area contributed by atoms with E-state index in [-0.39, 0.29) is 44.9 Å². The Labute approximate surface area is 167 Å². The Hall–Kier alpha value is -3.34. The minimum Gasteiger partial charge on any atom is -0.343 e. The van der Waals surface area contributed by atoms with Gasteiger partial charge in [0.25, 0.3) is 23.6 Å². The van der Waals surface area contributed by atoms with E-state index >= 15 is 0 Å². The molecule has 2 aliphatic rings. The molecule has 0 radical (unpaired) electrons. The van der Waals surface area contributed by atoms with Gasteiger partial charge in [0.05, 0.1) is 0 Å². The van der Waals surface area contributed by atoms with Gasteiger partial charge >= 0.3 is 0 Å². The zero-order chi connectivity index (χ0) is 21.4. The average Bonchev–Trinajstić information content (AvgIpc) is 3.19. The lowest BCUT2D eigenvalue weighted by Crippen LogP contribution is -2.39. The summed E-state index contributed by atoms with van der Waals surface area (Å²) in [5.41, 5.74) is 1.95. The summed E-state index contributed by atoms with van der Waals surface area (Å²) in [6.07, 6.45) is 5.34.